The van der Waals surface area contributed by atoms with Crippen LogP contribution >= 0.6 is 24.8 Å². The van der Waals surface area contributed by atoms with Gasteiger partial charge in [-0.25, -0.2) is 0 Å². The average Bonchev–Trinajstić information content (AvgIpc) is 3.53. The molecule has 0 saturated heterocycles. The molecule has 0 aliphatic heterocycles. The summed E-state index contributed by atoms with van der Waals surface area (Å²) in [5.74, 6) is 0. The second kappa shape index (κ2) is 35.0. The van der Waals surface area contributed by atoms with E-state index in [0.717, 1.165) is 12.8 Å². The van der Waals surface area contributed by atoms with E-state index in [2.05, 4.69) is 110 Å². The number of nitrogens with zero attached hydrogens (tertiary/aromatic N) is 2. The predicted molar refractivity (Wildman–Crippen MR) is 187 cm³/mol. The zero-order valence-electron chi connectivity index (χ0n) is 23.4. The van der Waals surface area contributed by atoms with E-state index in [-0.39, 0.29) is 146 Å². The van der Waals surface area contributed by atoms with Crippen LogP contribution in [0.2, 0.25) is 0 Å². The monoisotopic (exact) mass is 825 g/mol. The molecule has 1 heterocycles. The molecule has 6 N–H and O–H groups in total. The number of fused-ring (bicyclic) bond motifs is 2. The Bertz CT molecular complexity index is 1110. The van der Waals surface area contributed by atoms with Gasteiger partial charge >= 0.3 is 0 Å². The SMILES string of the molecule is C.C.C.C=NCN=C.CC.CC1=Cc2ccccc2C1.Cc1ccc(C2=Cc3ccccc3C2)s1.N.N.S.[Y].[Y].[Y]. The quantitative estimate of drug-likeness (QED) is 0.257. The Morgan fingerprint density at radius 1 is 0.683 bits per heavy atom. The number of allylic oxidation sites excluding steroid dienone is 2. The van der Waals surface area contributed by atoms with Gasteiger partial charge in [0.25, 0.3) is 0 Å². The Labute approximate surface area is 339 Å². The number of aryl methyl sites for hydroxylation is 1. The van der Waals surface area contributed by atoms with E-state index in [1.54, 1.807) is 0 Å². The number of thiophene rings is 1. The van der Waals surface area contributed by atoms with Crippen LogP contribution in [-0.4, -0.2) is 20.1 Å². The van der Waals surface area contributed by atoms with Gasteiger partial charge in [-0.15, -0.1) is 11.3 Å². The molecule has 0 bridgehead atoms. The van der Waals surface area contributed by atoms with E-state index in [0.29, 0.717) is 6.67 Å². The number of benzene rings is 2. The summed E-state index contributed by atoms with van der Waals surface area (Å²) < 4.78 is 0. The second-order valence-electron chi connectivity index (χ2n) is 7.41. The molecule has 0 atom stereocenters. The first-order chi connectivity index (χ1) is 15.6. The van der Waals surface area contributed by atoms with E-state index in [9.17, 15) is 0 Å². The first kappa shape index (κ1) is 60.7. The van der Waals surface area contributed by atoms with Crippen molar-refractivity contribution in [3.8, 4) is 0 Å². The van der Waals surface area contributed by atoms with Gasteiger partial charge in [0.05, 0.1) is 0 Å². The van der Waals surface area contributed by atoms with Crippen LogP contribution in [0, 0.1) is 6.92 Å². The Kier molecular flexibility index (Phi) is 51.8. The van der Waals surface area contributed by atoms with Crippen molar-refractivity contribution in [2.24, 2.45) is 9.98 Å². The smallest absolute Gasteiger partial charge is 0.127 e. The molecule has 9 heteroatoms. The fraction of sp³-hybridized carbons (Fsp3) is 0.312. The van der Waals surface area contributed by atoms with Crippen molar-refractivity contribution in [3.05, 3.63) is 98.2 Å². The molecule has 0 saturated carbocycles. The summed E-state index contributed by atoms with van der Waals surface area (Å²) in [5.41, 5.74) is 8.66. The predicted octanol–water partition coefficient (Wildman–Crippen LogP) is 10.5. The van der Waals surface area contributed by atoms with E-state index in [4.69, 9.17) is 0 Å². The maximum atomic E-state index is 3.38. The zero-order chi connectivity index (χ0) is 23.3. The Balaban J connectivity index is -0.0000000630. The molecular formula is C32H54N4S2Y3. The van der Waals surface area contributed by atoms with E-state index in [1.807, 2.05) is 25.2 Å². The van der Waals surface area contributed by atoms with Gasteiger partial charge in [-0.3, -0.25) is 9.98 Å². The maximum absolute atomic E-state index is 3.38. The second-order valence-corrected chi connectivity index (χ2v) is 8.70. The molecule has 1 aromatic heterocycles. The van der Waals surface area contributed by atoms with Crippen molar-refractivity contribution in [2.75, 3.05) is 6.67 Å². The number of hydrogen-bond donors (Lipinski definition) is 2. The summed E-state index contributed by atoms with van der Waals surface area (Å²) in [6, 6.07) is 21.6. The third-order valence-corrected chi connectivity index (χ3v) is 6.03. The molecule has 0 amide bonds. The van der Waals surface area contributed by atoms with Gasteiger partial charge in [-0.2, -0.15) is 13.5 Å². The van der Waals surface area contributed by atoms with Gasteiger partial charge in [0.2, 0.25) is 0 Å². The van der Waals surface area contributed by atoms with Gasteiger partial charge in [0, 0.05) is 108 Å². The van der Waals surface area contributed by atoms with Crippen molar-refractivity contribution in [1.29, 1.82) is 0 Å². The summed E-state index contributed by atoms with van der Waals surface area (Å²) in [6.45, 7) is 15.1. The Morgan fingerprint density at radius 2 is 1.12 bits per heavy atom. The average molecular weight is 826 g/mol. The fourth-order valence-electron chi connectivity index (χ4n) is 3.57. The van der Waals surface area contributed by atoms with Crippen LogP contribution < -0.4 is 12.3 Å². The van der Waals surface area contributed by atoms with Crippen LogP contribution in [0.1, 0.15) is 75.1 Å². The van der Waals surface area contributed by atoms with E-state index in [1.165, 1.54) is 43.2 Å². The molecule has 5 rings (SSSR count). The van der Waals surface area contributed by atoms with Crippen molar-refractivity contribution in [3.63, 3.8) is 0 Å². The minimum Gasteiger partial charge on any atom is -0.344 e. The fourth-order valence-corrected chi connectivity index (χ4v) is 4.45. The summed E-state index contributed by atoms with van der Waals surface area (Å²) in [4.78, 5) is 9.56. The van der Waals surface area contributed by atoms with Crippen molar-refractivity contribution in [2.45, 2.75) is 62.8 Å². The molecule has 2 aromatic carbocycles. The third kappa shape index (κ3) is 21.0. The molecule has 3 radical (unpaired) electrons. The van der Waals surface area contributed by atoms with Crippen LogP contribution in [0.25, 0.3) is 17.7 Å². The number of rotatable bonds is 3. The van der Waals surface area contributed by atoms with E-state index >= 15 is 0 Å². The molecule has 3 aromatic rings. The molecule has 0 spiro atoms. The molecule has 0 unspecified atom stereocenters. The van der Waals surface area contributed by atoms with Crippen LogP contribution in [-0.2, 0) is 111 Å². The van der Waals surface area contributed by atoms with Gasteiger partial charge in [0.15, 0.2) is 0 Å². The summed E-state index contributed by atoms with van der Waals surface area (Å²) in [5, 5.41) is 0. The standard InChI is InChI=1S/C14H12S.C10H10.C3H6N2.C2H6.3CH4.2H3N.H2S.3Y/c1-10-6-7-14(15-10)13-8-11-4-2-3-5-12(11)9-13;1-8-6-9-4-2-3-5-10(9)7-8;1-4-3-5-2;1-2;;;;;;;;;/h2-8H,9H2,1H3;2-6H,7H2,1H3;1-3H2;1-2H3;3*1H4;2*1H3;1H2;;;. The normalized spacial score (nSPS) is 9.56. The number of hydrogen-bond acceptors (Lipinski definition) is 5. The molecule has 2 aliphatic rings. The molecule has 41 heavy (non-hydrogen) atoms. The molecular weight excluding hydrogens is 771 g/mol. The molecule has 0 fully saturated rings. The summed E-state index contributed by atoms with van der Waals surface area (Å²) in [6.07, 6.45) is 6.82. The van der Waals surface area contributed by atoms with Crippen LogP contribution in [0.3, 0.4) is 0 Å². The summed E-state index contributed by atoms with van der Waals surface area (Å²) >= 11 is 1.89. The minimum absolute atomic E-state index is 0. The Hall–Kier alpha value is 0.542. The van der Waals surface area contributed by atoms with Crippen LogP contribution in [0.4, 0.5) is 0 Å². The van der Waals surface area contributed by atoms with Gasteiger partial charge in [-0.1, -0.05) is 96.3 Å². The summed E-state index contributed by atoms with van der Waals surface area (Å²) in [7, 11) is 0. The zero-order valence-corrected chi connectivity index (χ0v) is 33.7. The topological polar surface area (TPSA) is 94.7 Å². The molecule has 2 aliphatic carbocycles. The van der Waals surface area contributed by atoms with Gasteiger partial charge < -0.3 is 12.3 Å². The number of aliphatic imine (C=N–C) groups is 2. The van der Waals surface area contributed by atoms with Crippen molar-refractivity contribution < 1.29 is 98.1 Å². The molecule has 4 nitrogen and oxygen atoms in total. The minimum atomic E-state index is 0. The third-order valence-electron chi connectivity index (χ3n) is 4.95. The van der Waals surface area contributed by atoms with Crippen molar-refractivity contribution >= 4 is 56.0 Å². The van der Waals surface area contributed by atoms with Gasteiger partial charge in [-0.05, 0) is 86.2 Å². The first-order valence-electron chi connectivity index (χ1n) is 11.1. The van der Waals surface area contributed by atoms with Crippen molar-refractivity contribution in [1.82, 2.24) is 12.3 Å². The maximum Gasteiger partial charge on any atom is 0.127 e. The first-order valence-corrected chi connectivity index (χ1v) is 11.9. The van der Waals surface area contributed by atoms with Gasteiger partial charge in [0.1, 0.15) is 6.67 Å². The van der Waals surface area contributed by atoms with E-state index < -0.39 is 0 Å². The Morgan fingerprint density at radius 3 is 1.49 bits per heavy atom. The van der Waals surface area contributed by atoms with Crippen LogP contribution in [0.5, 0.6) is 0 Å². The van der Waals surface area contributed by atoms with Crippen LogP contribution in [0.15, 0.2) is 76.2 Å². The largest absolute Gasteiger partial charge is 0.344 e. The molecule has 223 valence electrons.